The van der Waals surface area contributed by atoms with E-state index < -0.39 is 0 Å². The molecule has 1 aliphatic carbocycles. The molecular formula is C13H25N3O2. The molecule has 2 amide bonds. The average Bonchev–Trinajstić information content (AvgIpc) is 3.12. The van der Waals surface area contributed by atoms with E-state index in [1.807, 2.05) is 18.7 Å². The highest BCUT2D eigenvalue weighted by molar-refractivity contribution is 5.74. The van der Waals surface area contributed by atoms with E-state index in [2.05, 4.69) is 10.2 Å². The number of rotatable bonds is 4. The van der Waals surface area contributed by atoms with Gasteiger partial charge in [0.15, 0.2) is 0 Å². The maximum absolute atomic E-state index is 11.8. The van der Waals surface area contributed by atoms with Crippen LogP contribution in [0.3, 0.4) is 0 Å². The Kier molecular flexibility index (Phi) is 4.45. The van der Waals surface area contributed by atoms with Gasteiger partial charge in [0, 0.05) is 38.8 Å². The molecule has 104 valence electrons. The minimum absolute atomic E-state index is 0.0346. The summed E-state index contributed by atoms with van der Waals surface area (Å²) in [7, 11) is 0. The predicted octanol–water partition coefficient (Wildman–Crippen LogP) is 0.493. The topological polar surface area (TPSA) is 55.8 Å². The first kappa shape index (κ1) is 13.6. The van der Waals surface area contributed by atoms with Crippen LogP contribution >= 0.6 is 0 Å². The lowest BCUT2D eigenvalue weighted by molar-refractivity contribution is 0.0694. The zero-order chi connectivity index (χ0) is 13.1. The van der Waals surface area contributed by atoms with Crippen LogP contribution in [0.15, 0.2) is 0 Å². The summed E-state index contributed by atoms with van der Waals surface area (Å²) < 4.78 is 0. The number of aliphatic hydroxyl groups excluding tert-OH is 1. The number of nitrogens with zero attached hydrogens (tertiary/aromatic N) is 2. The van der Waals surface area contributed by atoms with Crippen molar-refractivity contribution in [1.29, 1.82) is 0 Å². The third kappa shape index (κ3) is 3.85. The Labute approximate surface area is 109 Å². The first-order chi connectivity index (χ1) is 8.56. The molecule has 18 heavy (non-hydrogen) atoms. The van der Waals surface area contributed by atoms with Crippen LogP contribution in [0.1, 0.15) is 26.7 Å². The summed E-state index contributed by atoms with van der Waals surface area (Å²) in [5, 5.41) is 12.8. The lowest BCUT2D eigenvalue weighted by Crippen LogP contribution is -2.53. The lowest BCUT2D eigenvalue weighted by atomic mass is 10.2. The van der Waals surface area contributed by atoms with Gasteiger partial charge in [-0.15, -0.1) is 0 Å². The zero-order valence-electron chi connectivity index (χ0n) is 11.4. The van der Waals surface area contributed by atoms with E-state index in [1.165, 1.54) is 12.8 Å². The van der Waals surface area contributed by atoms with Crippen LogP contribution in [0.4, 0.5) is 4.79 Å². The molecule has 2 rings (SSSR count). The Morgan fingerprint density at radius 2 is 1.89 bits per heavy atom. The third-order valence-corrected chi connectivity index (χ3v) is 3.68. The van der Waals surface area contributed by atoms with Gasteiger partial charge in [0.05, 0.1) is 6.10 Å². The van der Waals surface area contributed by atoms with Crippen LogP contribution in [0, 0.1) is 5.92 Å². The van der Waals surface area contributed by atoms with Crippen molar-refractivity contribution in [2.45, 2.75) is 38.8 Å². The molecule has 0 bridgehead atoms. The summed E-state index contributed by atoms with van der Waals surface area (Å²) in [6.45, 7) is 7.97. The van der Waals surface area contributed by atoms with Gasteiger partial charge in [0.2, 0.25) is 0 Å². The van der Waals surface area contributed by atoms with Gasteiger partial charge in [-0.1, -0.05) is 0 Å². The highest BCUT2D eigenvalue weighted by Crippen LogP contribution is 2.32. The number of amides is 2. The van der Waals surface area contributed by atoms with E-state index in [0.717, 1.165) is 32.7 Å². The fourth-order valence-electron chi connectivity index (χ4n) is 2.37. The first-order valence-corrected chi connectivity index (χ1v) is 7.02. The molecule has 2 fully saturated rings. The van der Waals surface area contributed by atoms with Crippen LogP contribution in [0.25, 0.3) is 0 Å². The number of urea groups is 1. The molecule has 1 saturated carbocycles. The molecule has 1 heterocycles. The fraction of sp³-hybridized carbons (Fsp3) is 0.923. The van der Waals surface area contributed by atoms with Crippen LogP contribution in [0.5, 0.6) is 0 Å². The lowest BCUT2D eigenvalue weighted by Gasteiger charge is -2.36. The van der Waals surface area contributed by atoms with Gasteiger partial charge in [-0.2, -0.15) is 0 Å². The molecule has 1 saturated heterocycles. The maximum atomic E-state index is 11.8. The number of hydrogen-bond donors (Lipinski definition) is 2. The summed E-state index contributed by atoms with van der Waals surface area (Å²) in [6, 6.07) is 0.222. The summed E-state index contributed by atoms with van der Waals surface area (Å²) >= 11 is 0. The molecule has 0 aromatic carbocycles. The molecule has 5 nitrogen and oxygen atoms in total. The number of hydrogen-bond acceptors (Lipinski definition) is 3. The number of carbonyl (C=O) groups excluding carboxylic acids is 1. The van der Waals surface area contributed by atoms with E-state index in [1.54, 1.807) is 0 Å². The molecule has 1 atom stereocenters. The number of piperazine rings is 1. The second kappa shape index (κ2) is 5.89. The van der Waals surface area contributed by atoms with Gasteiger partial charge in [0.1, 0.15) is 0 Å². The van der Waals surface area contributed by atoms with Crippen LogP contribution < -0.4 is 5.32 Å². The van der Waals surface area contributed by atoms with Gasteiger partial charge in [-0.05, 0) is 32.6 Å². The van der Waals surface area contributed by atoms with E-state index >= 15 is 0 Å². The van der Waals surface area contributed by atoms with E-state index in [-0.39, 0.29) is 18.2 Å². The normalized spacial score (nSPS) is 23.2. The molecule has 0 radical (unpaired) electrons. The van der Waals surface area contributed by atoms with Crippen molar-refractivity contribution in [2.75, 3.05) is 32.7 Å². The Hall–Kier alpha value is -0.810. The van der Waals surface area contributed by atoms with Crippen LogP contribution in [-0.2, 0) is 0 Å². The van der Waals surface area contributed by atoms with Gasteiger partial charge in [0.25, 0.3) is 0 Å². The molecule has 0 unspecified atom stereocenters. The number of nitrogens with one attached hydrogen (secondary N) is 1. The molecule has 0 aromatic heterocycles. The molecule has 0 aromatic rings. The third-order valence-electron chi connectivity index (χ3n) is 3.68. The number of carbonyl (C=O) groups is 1. The Morgan fingerprint density at radius 1 is 1.28 bits per heavy atom. The van der Waals surface area contributed by atoms with Gasteiger partial charge in [-0.3, -0.25) is 4.90 Å². The monoisotopic (exact) mass is 255 g/mol. The van der Waals surface area contributed by atoms with Crippen molar-refractivity contribution in [3.05, 3.63) is 0 Å². The molecule has 0 spiro atoms. The van der Waals surface area contributed by atoms with Crippen molar-refractivity contribution in [1.82, 2.24) is 15.1 Å². The minimum atomic E-state index is -0.166. The fourth-order valence-corrected chi connectivity index (χ4v) is 2.37. The van der Waals surface area contributed by atoms with Gasteiger partial charge < -0.3 is 15.3 Å². The Morgan fingerprint density at radius 3 is 2.39 bits per heavy atom. The SMILES string of the molecule is CC(C)NC(=O)N1CCN(C[C@@H](O)C2CC2)CC1. The second-order valence-electron chi connectivity index (χ2n) is 5.80. The Bertz CT molecular complexity index is 284. The maximum Gasteiger partial charge on any atom is 0.317 e. The minimum Gasteiger partial charge on any atom is -0.392 e. The summed E-state index contributed by atoms with van der Waals surface area (Å²) in [5.74, 6) is 0.535. The molecule has 2 aliphatic rings. The molecule has 1 aliphatic heterocycles. The summed E-state index contributed by atoms with van der Waals surface area (Å²) in [5.41, 5.74) is 0. The molecule has 2 N–H and O–H groups in total. The molecule has 5 heteroatoms. The van der Waals surface area contributed by atoms with Crippen molar-refractivity contribution in [2.24, 2.45) is 5.92 Å². The summed E-state index contributed by atoms with van der Waals surface area (Å²) in [6.07, 6.45) is 2.19. The van der Waals surface area contributed by atoms with Crippen molar-refractivity contribution < 1.29 is 9.90 Å². The van der Waals surface area contributed by atoms with Crippen molar-refractivity contribution >= 4 is 6.03 Å². The first-order valence-electron chi connectivity index (χ1n) is 7.02. The van der Waals surface area contributed by atoms with Crippen molar-refractivity contribution in [3.63, 3.8) is 0 Å². The van der Waals surface area contributed by atoms with Crippen molar-refractivity contribution in [3.8, 4) is 0 Å². The second-order valence-corrected chi connectivity index (χ2v) is 5.80. The van der Waals surface area contributed by atoms with E-state index in [4.69, 9.17) is 0 Å². The standard InChI is InChI=1S/C13H25N3O2/c1-10(2)14-13(18)16-7-5-15(6-8-16)9-12(17)11-3-4-11/h10-12,17H,3-9H2,1-2H3,(H,14,18)/t12-/m1/s1. The summed E-state index contributed by atoms with van der Waals surface area (Å²) in [4.78, 5) is 15.9. The van der Waals surface area contributed by atoms with Crippen LogP contribution in [0.2, 0.25) is 0 Å². The van der Waals surface area contributed by atoms with Gasteiger partial charge >= 0.3 is 6.03 Å². The highest BCUT2D eigenvalue weighted by atomic mass is 16.3. The largest absolute Gasteiger partial charge is 0.392 e. The number of aliphatic hydroxyl groups is 1. The quantitative estimate of drug-likeness (QED) is 0.769. The molecular weight excluding hydrogens is 230 g/mol. The van der Waals surface area contributed by atoms with Gasteiger partial charge in [-0.25, -0.2) is 4.79 Å². The van der Waals surface area contributed by atoms with E-state index in [9.17, 15) is 9.90 Å². The predicted molar refractivity (Wildman–Crippen MR) is 70.4 cm³/mol. The van der Waals surface area contributed by atoms with Crippen LogP contribution in [-0.4, -0.2) is 65.8 Å². The Balaban J connectivity index is 1.68. The zero-order valence-corrected chi connectivity index (χ0v) is 11.4. The smallest absolute Gasteiger partial charge is 0.317 e. The number of β-amino-alcohol motifs (C(OH)–C–C–N with tert-alkyl or cyclic N) is 1. The highest BCUT2D eigenvalue weighted by Gasteiger charge is 2.32. The van der Waals surface area contributed by atoms with E-state index in [0.29, 0.717) is 5.92 Å². The average molecular weight is 255 g/mol.